The Morgan fingerprint density at radius 2 is 1.91 bits per heavy atom. The lowest BCUT2D eigenvalue weighted by molar-refractivity contribution is -0.203. The predicted octanol–water partition coefficient (Wildman–Crippen LogP) is 1.43. The summed E-state index contributed by atoms with van der Waals surface area (Å²) in [6.45, 7) is 8.75. The molecule has 1 saturated heterocycles. The van der Waals surface area contributed by atoms with E-state index in [9.17, 15) is 0 Å². The fraction of sp³-hybridized carbons (Fsp3) is 1.00. The average Bonchev–Trinajstić information content (AvgIpc) is 1.74. The minimum absolute atomic E-state index is 0.0492. The zero-order valence-corrected chi connectivity index (χ0v) is 7.59. The number of hydrogen-bond donors (Lipinski definition) is 0. The molecule has 1 fully saturated rings. The largest absolute Gasteiger partial charge is 0.643 e. The quantitative estimate of drug-likeness (QED) is 0.569. The molecule has 0 atom stereocenters. The third-order valence-electron chi connectivity index (χ3n) is 1.48. The molecule has 1 aliphatic heterocycles. The molecule has 3 nitrogen and oxygen atoms in total. The first-order valence-corrected chi connectivity index (χ1v) is 3.96. The van der Waals surface area contributed by atoms with E-state index in [-0.39, 0.29) is 11.7 Å². The second-order valence-electron chi connectivity index (χ2n) is 3.71. The van der Waals surface area contributed by atoms with Crippen LogP contribution in [-0.4, -0.2) is 20.2 Å². The maximum Gasteiger partial charge on any atom is 0.643 e. The fourth-order valence-corrected chi connectivity index (χ4v) is 0.835. The highest BCUT2D eigenvalue weighted by Crippen LogP contribution is 2.30. The molecule has 0 aromatic carbocycles. The summed E-state index contributed by atoms with van der Waals surface area (Å²) in [4.78, 5) is 0. The highest BCUT2D eigenvalue weighted by atomic mass is 16.9. The number of hydrogen-bond acceptors (Lipinski definition) is 3. The molecule has 0 amide bonds. The van der Waals surface area contributed by atoms with Gasteiger partial charge in [0, 0.05) is 12.0 Å². The summed E-state index contributed by atoms with van der Waals surface area (Å²) in [6.07, 6.45) is -0.112. The van der Waals surface area contributed by atoms with Crippen LogP contribution in [0, 0.1) is 5.41 Å². The summed E-state index contributed by atoms with van der Waals surface area (Å²) in [5, 5.41) is 0. The standard InChI is InChI=1S/C7H15BO3/c1-5-9-8-10-6(11-8)7(2,3)4/h6H,5H2,1-4H3. The van der Waals surface area contributed by atoms with Crippen LogP contribution in [0.1, 0.15) is 27.7 Å². The van der Waals surface area contributed by atoms with E-state index in [1.807, 2.05) is 6.92 Å². The van der Waals surface area contributed by atoms with Crippen molar-refractivity contribution in [1.82, 2.24) is 0 Å². The van der Waals surface area contributed by atoms with Crippen LogP contribution in [0.15, 0.2) is 0 Å². The molecule has 1 rings (SSSR count). The third kappa shape index (κ3) is 2.19. The molecule has 0 bridgehead atoms. The predicted molar refractivity (Wildman–Crippen MR) is 42.8 cm³/mol. The minimum Gasteiger partial charge on any atom is -0.386 e. The van der Waals surface area contributed by atoms with Crippen LogP contribution in [-0.2, 0) is 14.0 Å². The number of rotatable bonds is 2. The summed E-state index contributed by atoms with van der Waals surface area (Å²) >= 11 is 0. The van der Waals surface area contributed by atoms with Crippen LogP contribution in [0.5, 0.6) is 0 Å². The minimum atomic E-state index is -0.427. The highest BCUT2D eigenvalue weighted by Gasteiger charge is 2.45. The summed E-state index contributed by atoms with van der Waals surface area (Å²) in [6, 6.07) is 0. The van der Waals surface area contributed by atoms with Gasteiger partial charge in [-0.2, -0.15) is 0 Å². The van der Waals surface area contributed by atoms with Gasteiger partial charge in [0.15, 0.2) is 0 Å². The van der Waals surface area contributed by atoms with Crippen LogP contribution < -0.4 is 0 Å². The van der Waals surface area contributed by atoms with E-state index in [0.29, 0.717) is 6.61 Å². The lowest BCUT2D eigenvalue weighted by Gasteiger charge is -2.40. The Morgan fingerprint density at radius 1 is 1.36 bits per heavy atom. The first-order valence-electron chi connectivity index (χ1n) is 3.96. The van der Waals surface area contributed by atoms with Gasteiger partial charge >= 0.3 is 7.32 Å². The van der Waals surface area contributed by atoms with Crippen LogP contribution in [0.2, 0.25) is 0 Å². The lowest BCUT2D eigenvalue weighted by Crippen LogP contribution is -2.53. The van der Waals surface area contributed by atoms with Crippen LogP contribution in [0.4, 0.5) is 0 Å². The van der Waals surface area contributed by atoms with Gasteiger partial charge in [0.05, 0.1) is 0 Å². The van der Waals surface area contributed by atoms with Crippen molar-refractivity contribution >= 4 is 7.32 Å². The first-order chi connectivity index (χ1) is 5.04. The van der Waals surface area contributed by atoms with Gasteiger partial charge in [-0.15, -0.1) is 0 Å². The molecular formula is C7H15BO3. The maximum absolute atomic E-state index is 5.30. The summed E-state index contributed by atoms with van der Waals surface area (Å²) in [5.74, 6) is 0. The van der Waals surface area contributed by atoms with E-state index < -0.39 is 7.32 Å². The Bertz CT molecular complexity index is 126. The maximum atomic E-state index is 5.30. The molecular weight excluding hydrogens is 143 g/mol. The fourth-order valence-electron chi connectivity index (χ4n) is 0.835. The van der Waals surface area contributed by atoms with E-state index in [0.717, 1.165) is 0 Å². The molecule has 4 heteroatoms. The lowest BCUT2D eigenvalue weighted by atomic mass is 9.91. The molecule has 0 spiro atoms. The van der Waals surface area contributed by atoms with Gasteiger partial charge in [0.1, 0.15) is 6.29 Å². The molecule has 64 valence electrons. The SMILES string of the molecule is CCOB1OC(C(C)(C)C)O1. The molecule has 0 radical (unpaired) electrons. The van der Waals surface area contributed by atoms with Crippen LogP contribution >= 0.6 is 0 Å². The van der Waals surface area contributed by atoms with Gasteiger partial charge in [0.25, 0.3) is 0 Å². The van der Waals surface area contributed by atoms with Crippen molar-refractivity contribution in [2.75, 3.05) is 6.61 Å². The Kier molecular flexibility index (Phi) is 2.57. The van der Waals surface area contributed by atoms with E-state index in [2.05, 4.69) is 20.8 Å². The normalized spacial score (nSPS) is 20.2. The summed E-state index contributed by atoms with van der Waals surface area (Å²) in [5.41, 5.74) is 0.0492. The van der Waals surface area contributed by atoms with Gasteiger partial charge in [-0.05, 0) is 6.92 Å². The van der Waals surface area contributed by atoms with Crippen LogP contribution in [0.3, 0.4) is 0 Å². The Labute approximate surface area is 68.2 Å². The second-order valence-corrected chi connectivity index (χ2v) is 3.71. The summed E-state index contributed by atoms with van der Waals surface area (Å²) < 4.78 is 15.7. The average molecular weight is 158 g/mol. The highest BCUT2D eigenvalue weighted by molar-refractivity contribution is 6.38. The van der Waals surface area contributed by atoms with Crippen molar-refractivity contribution in [3.05, 3.63) is 0 Å². The van der Waals surface area contributed by atoms with Crippen molar-refractivity contribution in [3.63, 3.8) is 0 Å². The Morgan fingerprint density at radius 3 is 2.27 bits per heavy atom. The van der Waals surface area contributed by atoms with Crippen molar-refractivity contribution < 1.29 is 14.0 Å². The van der Waals surface area contributed by atoms with E-state index >= 15 is 0 Å². The van der Waals surface area contributed by atoms with Crippen molar-refractivity contribution in [2.24, 2.45) is 5.41 Å². The van der Waals surface area contributed by atoms with E-state index in [1.54, 1.807) is 0 Å². The molecule has 0 aromatic heterocycles. The Balaban J connectivity index is 2.19. The zero-order chi connectivity index (χ0) is 8.48. The van der Waals surface area contributed by atoms with Gasteiger partial charge in [-0.25, -0.2) is 0 Å². The summed E-state index contributed by atoms with van der Waals surface area (Å²) in [7, 11) is -0.427. The molecule has 1 aliphatic rings. The topological polar surface area (TPSA) is 27.7 Å². The Hall–Kier alpha value is -0.0551. The van der Waals surface area contributed by atoms with Gasteiger partial charge in [0.2, 0.25) is 0 Å². The molecule has 0 N–H and O–H groups in total. The van der Waals surface area contributed by atoms with Crippen molar-refractivity contribution in [1.29, 1.82) is 0 Å². The second kappa shape index (κ2) is 3.13. The van der Waals surface area contributed by atoms with Gasteiger partial charge < -0.3 is 14.0 Å². The molecule has 11 heavy (non-hydrogen) atoms. The van der Waals surface area contributed by atoms with Gasteiger partial charge in [-0.1, -0.05) is 20.8 Å². The molecule has 0 aromatic rings. The van der Waals surface area contributed by atoms with Crippen LogP contribution in [0.25, 0.3) is 0 Å². The van der Waals surface area contributed by atoms with Crippen molar-refractivity contribution in [2.45, 2.75) is 34.0 Å². The first kappa shape index (κ1) is 9.04. The smallest absolute Gasteiger partial charge is 0.386 e. The molecule has 0 saturated carbocycles. The molecule has 0 unspecified atom stereocenters. The molecule has 0 aliphatic carbocycles. The third-order valence-corrected chi connectivity index (χ3v) is 1.48. The monoisotopic (exact) mass is 158 g/mol. The van der Waals surface area contributed by atoms with Gasteiger partial charge in [-0.3, -0.25) is 0 Å². The van der Waals surface area contributed by atoms with E-state index in [4.69, 9.17) is 14.0 Å². The molecule has 1 heterocycles. The van der Waals surface area contributed by atoms with E-state index in [1.165, 1.54) is 0 Å². The zero-order valence-electron chi connectivity index (χ0n) is 7.59. The van der Waals surface area contributed by atoms with Crippen molar-refractivity contribution in [3.8, 4) is 0 Å².